The highest BCUT2D eigenvalue weighted by molar-refractivity contribution is 5.87. The molecular weight excluding hydrogens is 344 g/mol. The first kappa shape index (κ1) is 17.3. The number of rotatable bonds is 3. The van der Waals surface area contributed by atoms with Crippen molar-refractivity contribution in [3.8, 4) is 11.3 Å². The third kappa shape index (κ3) is 3.14. The van der Waals surface area contributed by atoms with E-state index in [4.69, 9.17) is 10.7 Å². The van der Waals surface area contributed by atoms with Gasteiger partial charge < -0.3 is 10.1 Å². The predicted octanol–water partition coefficient (Wildman–Crippen LogP) is 4.97. The number of hydrogen-bond acceptors (Lipinski definition) is 3. The van der Waals surface area contributed by atoms with Crippen LogP contribution in [-0.4, -0.2) is 27.4 Å². The van der Waals surface area contributed by atoms with Gasteiger partial charge in [0.25, 0.3) is 0 Å². The maximum Gasteiger partial charge on any atom is 0.137 e. The number of imidazole rings is 1. The molecule has 1 fully saturated rings. The number of aromatic nitrogens is 2. The van der Waals surface area contributed by atoms with E-state index in [0.29, 0.717) is 0 Å². The van der Waals surface area contributed by atoms with E-state index < -0.39 is 0 Å². The Bertz CT molecular complexity index is 1140. The molecule has 4 heteroatoms. The first-order valence-electron chi connectivity index (χ1n) is 10.2. The molecule has 5 rings (SSSR count). The van der Waals surface area contributed by atoms with Gasteiger partial charge in [0.15, 0.2) is 0 Å². The summed E-state index contributed by atoms with van der Waals surface area (Å²) in [7, 11) is 0. The van der Waals surface area contributed by atoms with Gasteiger partial charge in [-0.05, 0) is 54.3 Å². The van der Waals surface area contributed by atoms with Crippen LogP contribution < -0.4 is 5.73 Å². The Hall–Kier alpha value is -2.85. The van der Waals surface area contributed by atoms with E-state index in [2.05, 4.69) is 58.7 Å². The molecule has 1 unspecified atom stereocenters. The Kier molecular flexibility index (Phi) is 4.29. The molecule has 1 atom stereocenters. The van der Waals surface area contributed by atoms with Crippen LogP contribution in [0.5, 0.6) is 0 Å². The van der Waals surface area contributed by atoms with Crippen LogP contribution in [0.1, 0.15) is 25.5 Å². The SMILES string of the molecule is CC1CCCN(Cc2c(-c3ccc4ccccc4c3)nc3ccc(N)cn23)C1. The normalized spacial score (nSPS) is 18.1. The second-order valence-electron chi connectivity index (χ2n) is 8.14. The van der Waals surface area contributed by atoms with Crippen molar-refractivity contribution in [3.05, 3.63) is 66.5 Å². The second-order valence-corrected chi connectivity index (χ2v) is 8.14. The van der Waals surface area contributed by atoms with Gasteiger partial charge in [-0.3, -0.25) is 4.90 Å². The average Bonchev–Trinajstić information content (AvgIpc) is 3.05. The standard InChI is InChI=1S/C24H26N4/c1-17-5-4-12-27(14-17)16-22-24(26-23-11-10-21(25)15-28(22)23)20-9-8-18-6-2-3-7-19(18)13-20/h2-3,6-11,13,15,17H,4-5,12,14,16,25H2,1H3. The molecule has 1 saturated heterocycles. The van der Waals surface area contributed by atoms with Gasteiger partial charge in [-0.15, -0.1) is 0 Å². The summed E-state index contributed by atoms with van der Waals surface area (Å²) in [4.78, 5) is 7.56. The number of piperidine rings is 1. The van der Waals surface area contributed by atoms with Crippen molar-refractivity contribution in [1.82, 2.24) is 14.3 Å². The molecule has 0 amide bonds. The predicted molar refractivity (Wildman–Crippen MR) is 116 cm³/mol. The smallest absolute Gasteiger partial charge is 0.137 e. The van der Waals surface area contributed by atoms with Gasteiger partial charge in [0.2, 0.25) is 0 Å². The molecule has 2 aromatic carbocycles. The summed E-state index contributed by atoms with van der Waals surface area (Å²) in [5.74, 6) is 0.752. The average molecular weight is 371 g/mol. The lowest BCUT2D eigenvalue weighted by molar-refractivity contribution is 0.174. The Morgan fingerprint density at radius 1 is 1.07 bits per heavy atom. The summed E-state index contributed by atoms with van der Waals surface area (Å²) in [6.07, 6.45) is 4.61. The van der Waals surface area contributed by atoms with Gasteiger partial charge in [0.05, 0.1) is 11.4 Å². The van der Waals surface area contributed by atoms with Crippen molar-refractivity contribution >= 4 is 22.1 Å². The molecule has 28 heavy (non-hydrogen) atoms. The minimum Gasteiger partial charge on any atom is -0.398 e. The summed E-state index contributed by atoms with van der Waals surface area (Å²) in [5, 5.41) is 2.50. The number of fused-ring (bicyclic) bond motifs is 2. The Labute approximate surface area is 165 Å². The number of nitrogens with two attached hydrogens (primary N) is 1. The molecule has 0 radical (unpaired) electrons. The highest BCUT2D eigenvalue weighted by Gasteiger charge is 2.21. The fourth-order valence-electron chi connectivity index (χ4n) is 4.47. The van der Waals surface area contributed by atoms with Crippen LogP contribution in [0.2, 0.25) is 0 Å². The Balaban J connectivity index is 1.64. The monoisotopic (exact) mass is 370 g/mol. The van der Waals surface area contributed by atoms with Crippen LogP contribution in [0.25, 0.3) is 27.7 Å². The zero-order valence-corrected chi connectivity index (χ0v) is 16.3. The van der Waals surface area contributed by atoms with E-state index in [1.807, 2.05) is 18.3 Å². The maximum atomic E-state index is 6.11. The van der Waals surface area contributed by atoms with Crippen LogP contribution >= 0.6 is 0 Å². The summed E-state index contributed by atoms with van der Waals surface area (Å²) in [6.45, 7) is 5.55. The topological polar surface area (TPSA) is 46.6 Å². The van der Waals surface area contributed by atoms with Crippen LogP contribution in [0.4, 0.5) is 5.69 Å². The molecule has 0 spiro atoms. The minimum absolute atomic E-state index is 0.752. The largest absolute Gasteiger partial charge is 0.398 e. The number of benzene rings is 2. The fourth-order valence-corrected chi connectivity index (χ4v) is 4.47. The zero-order chi connectivity index (χ0) is 19.1. The Morgan fingerprint density at radius 2 is 1.93 bits per heavy atom. The third-order valence-corrected chi connectivity index (χ3v) is 5.88. The summed E-state index contributed by atoms with van der Waals surface area (Å²) in [6, 6.07) is 19.1. The van der Waals surface area contributed by atoms with E-state index in [-0.39, 0.29) is 0 Å². The maximum absolute atomic E-state index is 6.11. The van der Waals surface area contributed by atoms with Crippen LogP contribution in [-0.2, 0) is 6.54 Å². The number of nitrogens with zero attached hydrogens (tertiary/aromatic N) is 3. The van der Waals surface area contributed by atoms with Crippen molar-refractivity contribution in [3.63, 3.8) is 0 Å². The number of likely N-dealkylation sites (tertiary alicyclic amines) is 1. The molecule has 2 aromatic heterocycles. The number of anilines is 1. The molecule has 0 bridgehead atoms. The van der Waals surface area contributed by atoms with Gasteiger partial charge in [-0.25, -0.2) is 4.98 Å². The summed E-state index contributed by atoms with van der Waals surface area (Å²) >= 11 is 0. The summed E-state index contributed by atoms with van der Waals surface area (Å²) < 4.78 is 2.18. The van der Waals surface area contributed by atoms with Gasteiger partial charge in [0.1, 0.15) is 5.65 Å². The van der Waals surface area contributed by atoms with E-state index in [1.54, 1.807) is 0 Å². The van der Waals surface area contributed by atoms with Gasteiger partial charge in [0, 0.05) is 30.5 Å². The lowest BCUT2D eigenvalue weighted by Crippen LogP contribution is -2.34. The summed E-state index contributed by atoms with van der Waals surface area (Å²) in [5.41, 5.74) is 11.3. The van der Waals surface area contributed by atoms with Crippen molar-refractivity contribution in [2.45, 2.75) is 26.3 Å². The number of pyridine rings is 1. The van der Waals surface area contributed by atoms with E-state index in [0.717, 1.165) is 42.6 Å². The van der Waals surface area contributed by atoms with Crippen molar-refractivity contribution in [1.29, 1.82) is 0 Å². The quantitative estimate of drug-likeness (QED) is 0.554. The Morgan fingerprint density at radius 3 is 2.79 bits per heavy atom. The molecule has 142 valence electrons. The number of hydrogen-bond donors (Lipinski definition) is 1. The fraction of sp³-hybridized carbons (Fsp3) is 0.292. The van der Waals surface area contributed by atoms with E-state index >= 15 is 0 Å². The molecule has 4 aromatic rings. The van der Waals surface area contributed by atoms with E-state index in [1.165, 1.54) is 34.9 Å². The molecule has 4 nitrogen and oxygen atoms in total. The van der Waals surface area contributed by atoms with E-state index in [9.17, 15) is 0 Å². The molecule has 1 aliphatic rings. The minimum atomic E-state index is 0.752. The second kappa shape index (κ2) is 6.95. The van der Waals surface area contributed by atoms with Crippen LogP contribution in [0, 0.1) is 5.92 Å². The number of nitrogen functional groups attached to an aromatic ring is 1. The third-order valence-electron chi connectivity index (χ3n) is 5.88. The van der Waals surface area contributed by atoms with Gasteiger partial charge in [-0.1, -0.05) is 43.3 Å². The van der Waals surface area contributed by atoms with Gasteiger partial charge in [-0.2, -0.15) is 0 Å². The lowest BCUT2D eigenvalue weighted by Gasteiger charge is -2.30. The van der Waals surface area contributed by atoms with Crippen molar-refractivity contribution in [2.75, 3.05) is 18.8 Å². The zero-order valence-electron chi connectivity index (χ0n) is 16.3. The highest BCUT2D eigenvalue weighted by atomic mass is 15.2. The first-order valence-corrected chi connectivity index (χ1v) is 10.2. The highest BCUT2D eigenvalue weighted by Crippen LogP contribution is 2.30. The molecular formula is C24H26N4. The molecule has 3 heterocycles. The molecule has 1 aliphatic heterocycles. The van der Waals surface area contributed by atoms with Gasteiger partial charge >= 0.3 is 0 Å². The first-order chi connectivity index (χ1) is 13.7. The lowest BCUT2D eigenvalue weighted by atomic mass is 9.99. The van der Waals surface area contributed by atoms with Crippen LogP contribution in [0.15, 0.2) is 60.8 Å². The van der Waals surface area contributed by atoms with Crippen molar-refractivity contribution in [2.24, 2.45) is 5.92 Å². The van der Waals surface area contributed by atoms with Crippen molar-refractivity contribution < 1.29 is 0 Å². The van der Waals surface area contributed by atoms with Crippen LogP contribution in [0.3, 0.4) is 0 Å². The molecule has 2 N–H and O–H groups in total. The molecule has 0 saturated carbocycles. The molecule has 0 aliphatic carbocycles.